The molecule has 0 spiro atoms. The molecule has 9 heteroatoms. The van der Waals surface area contributed by atoms with Gasteiger partial charge in [-0.15, -0.1) is 0 Å². The maximum absolute atomic E-state index is 12.8. The van der Waals surface area contributed by atoms with Crippen LogP contribution in [0.2, 0.25) is 0 Å². The van der Waals surface area contributed by atoms with Gasteiger partial charge in [0.25, 0.3) is 0 Å². The maximum Gasteiger partial charge on any atom is 0.243 e. The highest BCUT2D eigenvalue weighted by atomic mass is 32.2. The number of aromatic nitrogens is 1. The lowest BCUT2D eigenvalue weighted by molar-refractivity contribution is -0.116. The van der Waals surface area contributed by atoms with Crippen molar-refractivity contribution in [3.8, 4) is 17.2 Å². The summed E-state index contributed by atoms with van der Waals surface area (Å²) in [5.41, 5.74) is 0.747. The molecule has 0 bridgehead atoms. The molecule has 32 heavy (non-hydrogen) atoms. The van der Waals surface area contributed by atoms with Gasteiger partial charge < -0.3 is 14.8 Å². The van der Waals surface area contributed by atoms with Crippen molar-refractivity contribution in [3.63, 3.8) is 0 Å². The summed E-state index contributed by atoms with van der Waals surface area (Å²) in [4.78, 5) is 16.5. The lowest BCUT2D eigenvalue weighted by Crippen LogP contribution is -2.35. The van der Waals surface area contributed by atoms with Crippen LogP contribution in [-0.4, -0.2) is 43.8 Å². The molecule has 3 rings (SSSR count). The zero-order chi connectivity index (χ0) is 23.1. The molecular weight excluding hydrogens is 430 g/mol. The van der Waals surface area contributed by atoms with Crippen LogP contribution in [0.4, 0.5) is 5.82 Å². The first-order valence-electron chi connectivity index (χ1n) is 9.98. The molecule has 168 valence electrons. The third-order valence-corrected chi connectivity index (χ3v) is 6.24. The van der Waals surface area contributed by atoms with Crippen molar-refractivity contribution in [3.05, 3.63) is 72.4 Å². The second-order valence-electron chi connectivity index (χ2n) is 6.95. The Kier molecular flexibility index (Phi) is 7.45. The van der Waals surface area contributed by atoms with E-state index in [4.69, 9.17) is 9.47 Å². The van der Waals surface area contributed by atoms with E-state index in [0.717, 1.165) is 15.7 Å². The van der Waals surface area contributed by atoms with Crippen molar-refractivity contribution in [1.82, 2.24) is 9.29 Å². The second kappa shape index (κ2) is 10.3. The number of hydrogen-bond donors (Lipinski definition) is 1. The Morgan fingerprint density at radius 1 is 0.969 bits per heavy atom. The van der Waals surface area contributed by atoms with E-state index in [1.165, 1.54) is 19.2 Å². The van der Waals surface area contributed by atoms with Crippen LogP contribution in [0.5, 0.6) is 17.2 Å². The zero-order valence-corrected chi connectivity index (χ0v) is 18.9. The fourth-order valence-electron chi connectivity index (χ4n) is 2.85. The lowest BCUT2D eigenvalue weighted by Gasteiger charge is -2.17. The molecule has 0 aliphatic rings. The van der Waals surface area contributed by atoms with Gasteiger partial charge in [0.15, 0.2) is 0 Å². The summed E-state index contributed by atoms with van der Waals surface area (Å²) in [6.45, 7) is 3.94. The number of carbonyl (C=O) groups is 1. The Balaban J connectivity index is 1.62. The summed E-state index contributed by atoms with van der Waals surface area (Å²) < 4.78 is 37.8. The summed E-state index contributed by atoms with van der Waals surface area (Å²) in [6.07, 6.45) is 0. The molecule has 0 fully saturated rings. The highest BCUT2D eigenvalue weighted by Crippen LogP contribution is 2.25. The molecule has 0 unspecified atom stereocenters. The Labute approximate surface area is 187 Å². The van der Waals surface area contributed by atoms with Crippen LogP contribution in [0.25, 0.3) is 0 Å². The molecule has 1 heterocycles. The number of ether oxygens (including phenoxy) is 2. The molecule has 1 aromatic heterocycles. The summed E-state index contributed by atoms with van der Waals surface area (Å²) in [5.74, 6) is 1.72. The van der Waals surface area contributed by atoms with Gasteiger partial charge >= 0.3 is 0 Å². The van der Waals surface area contributed by atoms with Crippen LogP contribution in [0, 0.1) is 6.92 Å². The summed E-state index contributed by atoms with van der Waals surface area (Å²) in [5, 5.41) is 2.60. The molecule has 0 saturated carbocycles. The first-order chi connectivity index (χ1) is 15.3. The highest BCUT2D eigenvalue weighted by molar-refractivity contribution is 7.89. The van der Waals surface area contributed by atoms with Crippen molar-refractivity contribution in [2.45, 2.75) is 18.7 Å². The van der Waals surface area contributed by atoms with E-state index in [-0.39, 0.29) is 11.4 Å². The number of anilines is 1. The molecule has 0 aliphatic carbocycles. The molecule has 0 radical (unpaired) electrons. The monoisotopic (exact) mass is 455 g/mol. The van der Waals surface area contributed by atoms with Gasteiger partial charge in [-0.05, 0) is 74.5 Å². The number of sulfonamides is 1. The normalized spacial score (nSPS) is 11.2. The first-order valence-corrected chi connectivity index (χ1v) is 11.4. The number of rotatable bonds is 9. The number of hydrogen-bond acceptors (Lipinski definition) is 6. The van der Waals surface area contributed by atoms with E-state index < -0.39 is 15.9 Å². The fourth-order valence-corrected chi connectivity index (χ4v) is 3.98. The van der Waals surface area contributed by atoms with Crippen LogP contribution < -0.4 is 14.8 Å². The van der Waals surface area contributed by atoms with Gasteiger partial charge in [0.1, 0.15) is 23.1 Å². The summed E-state index contributed by atoms with van der Waals surface area (Å²) in [7, 11) is -2.51. The number of pyridine rings is 1. The van der Waals surface area contributed by atoms with Gasteiger partial charge in [-0.2, -0.15) is 4.31 Å². The molecule has 3 aromatic rings. The second-order valence-corrected chi connectivity index (χ2v) is 9.00. The summed E-state index contributed by atoms with van der Waals surface area (Å²) >= 11 is 0. The Morgan fingerprint density at radius 3 is 2.16 bits per heavy atom. The number of aryl methyl sites for hydroxylation is 1. The minimum absolute atomic E-state index is 0.0560. The molecule has 2 aromatic carbocycles. The van der Waals surface area contributed by atoms with E-state index in [1.54, 1.807) is 61.5 Å². The molecule has 0 saturated heterocycles. The number of benzene rings is 2. The van der Waals surface area contributed by atoms with Crippen molar-refractivity contribution in [1.29, 1.82) is 0 Å². The molecule has 8 nitrogen and oxygen atoms in total. The number of likely N-dealkylation sites (N-methyl/N-ethyl adjacent to an activating group) is 1. The van der Waals surface area contributed by atoms with Gasteiger partial charge in [0.05, 0.1) is 18.0 Å². The van der Waals surface area contributed by atoms with Crippen LogP contribution >= 0.6 is 0 Å². The minimum Gasteiger partial charge on any atom is -0.494 e. The van der Waals surface area contributed by atoms with E-state index in [9.17, 15) is 13.2 Å². The number of carbonyl (C=O) groups excluding carboxylic acids is 1. The van der Waals surface area contributed by atoms with Crippen LogP contribution in [0.15, 0.2) is 71.6 Å². The Hall–Kier alpha value is -3.43. The Bertz CT molecular complexity index is 1160. The smallest absolute Gasteiger partial charge is 0.243 e. The summed E-state index contributed by atoms with van der Waals surface area (Å²) in [6, 6.07) is 18.3. The van der Waals surface area contributed by atoms with Crippen LogP contribution in [-0.2, 0) is 14.8 Å². The molecule has 0 atom stereocenters. The number of nitrogens with one attached hydrogen (secondary N) is 1. The molecule has 1 amide bonds. The first kappa shape index (κ1) is 23.2. The predicted molar refractivity (Wildman–Crippen MR) is 122 cm³/mol. The lowest BCUT2D eigenvalue weighted by atomic mass is 10.3. The van der Waals surface area contributed by atoms with Crippen LogP contribution in [0.1, 0.15) is 12.6 Å². The standard InChI is InChI=1S/C23H25N3O5S/c1-4-30-18-8-10-19(11-9-18)31-20-12-14-21(15-13-20)32(28,29)26(3)16-23(27)25-22-7-5-6-17(2)24-22/h5-15H,4,16H2,1-3H3,(H,24,25,27). The highest BCUT2D eigenvalue weighted by Gasteiger charge is 2.23. The SMILES string of the molecule is CCOc1ccc(Oc2ccc(S(=O)(=O)N(C)CC(=O)Nc3cccc(C)n3)cc2)cc1. The van der Waals surface area contributed by atoms with E-state index in [2.05, 4.69) is 10.3 Å². The number of nitrogens with zero attached hydrogens (tertiary/aromatic N) is 2. The molecule has 0 aliphatic heterocycles. The topological polar surface area (TPSA) is 97.8 Å². The average molecular weight is 456 g/mol. The van der Waals surface area contributed by atoms with Gasteiger partial charge in [-0.25, -0.2) is 13.4 Å². The fraction of sp³-hybridized carbons (Fsp3) is 0.217. The third-order valence-electron chi connectivity index (χ3n) is 4.42. The minimum atomic E-state index is -3.86. The van der Waals surface area contributed by atoms with Crippen molar-refractivity contribution in [2.75, 3.05) is 25.5 Å². The van der Waals surface area contributed by atoms with Crippen LogP contribution in [0.3, 0.4) is 0 Å². The maximum atomic E-state index is 12.8. The van der Waals surface area contributed by atoms with E-state index in [1.807, 2.05) is 6.92 Å². The van der Waals surface area contributed by atoms with Gasteiger partial charge in [0.2, 0.25) is 15.9 Å². The van der Waals surface area contributed by atoms with Gasteiger partial charge in [0, 0.05) is 12.7 Å². The molecular formula is C23H25N3O5S. The third kappa shape index (κ3) is 6.05. The van der Waals surface area contributed by atoms with Gasteiger partial charge in [-0.3, -0.25) is 4.79 Å². The van der Waals surface area contributed by atoms with E-state index >= 15 is 0 Å². The predicted octanol–water partition coefficient (Wildman–Crippen LogP) is 3.84. The zero-order valence-electron chi connectivity index (χ0n) is 18.1. The largest absolute Gasteiger partial charge is 0.494 e. The molecule has 1 N–H and O–H groups in total. The van der Waals surface area contributed by atoms with Gasteiger partial charge in [-0.1, -0.05) is 6.07 Å². The average Bonchev–Trinajstić information content (AvgIpc) is 2.75. The van der Waals surface area contributed by atoms with E-state index in [0.29, 0.717) is 23.9 Å². The number of amides is 1. The quantitative estimate of drug-likeness (QED) is 0.526. The van der Waals surface area contributed by atoms with Crippen molar-refractivity contribution < 1.29 is 22.7 Å². The van der Waals surface area contributed by atoms with Crippen molar-refractivity contribution in [2.24, 2.45) is 0 Å². The Morgan fingerprint density at radius 2 is 1.56 bits per heavy atom. The van der Waals surface area contributed by atoms with Crippen molar-refractivity contribution >= 4 is 21.7 Å².